The highest BCUT2D eigenvalue weighted by molar-refractivity contribution is 14.0. The van der Waals surface area contributed by atoms with Gasteiger partial charge >= 0.3 is 0 Å². The van der Waals surface area contributed by atoms with E-state index in [0.717, 1.165) is 18.7 Å². The molecule has 0 aliphatic rings. The van der Waals surface area contributed by atoms with Gasteiger partial charge in [0.05, 0.1) is 6.61 Å². The van der Waals surface area contributed by atoms with E-state index in [1.54, 1.807) is 7.05 Å². The van der Waals surface area contributed by atoms with Crippen LogP contribution in [0.4, 0.5) is 0 Å². The molecule has 0 aliphatic carbocycles. The van der Waals surface area contributed by atoms with Gasteiger partial charge in [0, 0.05) is 13.6 Å². The van der Waals surface area contributed by atoms with E-state index < -0.39 is 0 Å². The molecule has 0 spiro atoms. The average molecular weight is 349 g/mol. The number of ether oxygens (including phenoxy) is 1. The zero-order chi connectivity index (χ0) is 11.8. The first-order chi connectivity index (χ1) is 7.77. The van der Waals surface area contributed by atoms with Crippen molar-refractivity contribution in [1.82, 2.24) is 5.32 Å². The van der Waals surface area contributed by atoms with Gasteiger partial charge in [0.15, 0.2) is 5.96 Å². The third kappa shape index (κ3) is 5.76. The number of benzene rings is 1. The van der Waals surface area contributed by atoms with Crippen LogP contribution in [0, 0.1) is 0 Å². The maximum absolute atomic E-state index is 5.54. The minimum atomic E-state index is 0. The monoisotopic (exact) mass is 349 g/mol. The standard InChI is InChI=1S/C12H19N3O.HI/c1-3-16-11-7-5-4-6-10(11)8-9-15-12(13)14-2;/h4-7H,3,8-9H2,1-2H3,(H3,13,14,15);1H. The number of halogens is 1. The van der Waals surface area contributed by atoms with Crippen molar-refractivity contribution in [3.8, 4) is 5.75 Å². The summed E-state index contributed by atoms with van der Waals surface area (Å²) in [5, 5.41) is 3.02. The molecule has 0 heterocycles. The third-order valence-electron chi connectivity index (χ3n) is 2.21. The first-order valence-corrected chi connectivity index (χ1v) is 5.44. The van der Waals surface area contributed by atoms with Crippen molar-refractivity contribution in [1.29, 1.82) is 0 Å². The largest absolute Gasteiger partial charge is 0.494 e. The van der Waals surface area contributed by atoms with E-state index in [1.165, 1.54) is 5.56 Å². The van der Waals surface area contributed by atoms with Crippen LogP contribution in [0.1, 0.15) is 12.5 Å². The van der Waals surface area contributed by atoms with Gasteiger partial charge in [-0.05, 0) is 25.0 Å². The van der Waals surface area contributed by atoms with Gasteiger partial charge in [0.25, 0.3) is 0 Å². The van der Waals surface area contributed by atoms with Crippen LogP contribution in [0.25, 0.3) is 0 Å². The van der Waals surface area contributed by atoms with Crippen molar-refractivity contribution in [3.63, 3.8) is 0 Å². The fourth-order valence-electron chi connectivity index (χ4n) is 1.41. The molecule has 96 valence electrons. The zero-order valence-electron chi connectivity index (χ0n) is 10.3. The minimum absolute atomic E-state index is 0. The maximum atomic E-state index is 5.54. The van der Waals surface area contributed by atoms with E-state index in [0.29, 0.717) is 12.6 Å². The van der Waals surface area contributed by atoms with E-state index >= 15 is 0 Å². The highest BCUT2D eigenvalue weighted by Crippen LogP contribution is 2.17. The molecular weight excluding hydrogens is 329 g/mol. The van der Waals surface area contributed by atoms with E-state index in [2.05, 4.69) is 16.4 Å². The fraction of sp³-hybridized carbons (Fsp3) is 0.417. The Labute approximate surface area is 120 Å². The molecule has 0 unspecified atom stereocenters. The van der Waals surface area contributed by atoms with Crippen molar-refractivity contribution in [2.45, 2.75) is 13.3 Å². The number of nitrogens with one attached hydrogen (secondary N) is 1. The Morgan fingerprint density at radius 2 is 2.12 bits per heavy atom. The first-order valence-electron chi connectivity index (χ1n) is 5.44. The zero-order valence-corrected chi connectivity index (χ0v) is 12.6. The normalized spacial score (nSPS) is 10.6. The number of aliphatic imine (C=N–C) groups is 1. The molecule has 1 aromatic rings. The Morgan fingerprint density at radius 3 is 2.76 bits per heavy atom. The van der Waals surface area contributed by atoms with E-state index in [-0.39, 0.29) is 24.0 Å². The fourth-order valence-corrected chi connectivity index (χ4v) is 1.41. The van der Waals surface area contributed by atoms with E-state index in [4.69, 9.17) is 10.5 Å². The van der Waals surface area contributed by atoms with E-state index in [9.17, 15) is 0 Å². The van der Waals surface area contributed by atoms with Gasteiger partial charge in [0.2, 0.25) is 0 Å². The van der Waals surface area contributed by atoms with Crippen molar-refractivity contribution < 1.29 is 4.74 Å². The molecule has 17 heavy (non-hydrogen) atoms. The number of rotatable bonds is 5. The van der Waals surface area contributed by atoms with Crippen LogP contribution in [0.3, 0.4) is 0 Å². The molecule has 4 nitrogen and oxygen atoms in total. The second-order valence-corrected chi connectivity index (χ2v) is 3.33. The lowest BCUT2D eigenvalue weighted by Crippen LogP contribution is -2.32. The molecule has 0 amide bonds. The minimum Gasteiger partial charge on any atom is -0.494 e. The summed E-state index contributed by atoms with van der Waals surface area (Å²) in [5.41, 5.74) is 6.72. The van der Waals surface area contributed by atoms with Gasteiger partial charge in [-0.1, -0.05) is 18.2 Å². The van der Waals surface area contributed by atoms with Crippen molar-refractivity contribution >= 4 is 29.9 Å². The van der Waals surface area contributed by atoms with Crippen molar-refractivity contribution in [2.24, 2.45) is 10.7 Å². The molecule has 5 heteroatoms. The summed E-state index contributed by atoms with van der Waals surface area (Å²) in [5.74, 6) is 1.41. The van der Waals surface area contributed by atoms with Crippen LogP contribution in [0.5, 0.6) is 5.75 Å². The molecule has 1 aromatic carbocycles. The molecule has 0 radical (unpaired) electrons. The summed E-state index contributed by atoms with van der Waals surface area (Å²) in [6.45, 7) is 3.42. The van der Waals surface area contributed by atoms with Crippen LogP contribution < -0.4 is 15.8 Å². The Hall–Kier alpha value is -0.980. The predicted molar refractivity (Wildman–Crippen MR) is 82.3 cm³/mol. The smallest absolute Gasteiger partial charge is 0.188 e. The van der Waals surface area contributed by atoms with Gasteiger partial charge in [-0.25, -0.2) is 0 Å². The summed E-state index contributed by atoms with van der Waals surface area (Å²) >= 11 is 0. The molecule has 0 saturated heterocycles. The molecule has 0 atom stereocenters. The highest BCUT2D eigenvalue weighted by atomic mass is 127. The van der Waals surface area contributed by atoms with Gasteiger partial charge in [0.1, 0.15) is 5.75 Å². The SMILES string of the molecule is CCOc1ccccc1CCNC(N)=NC.I. The number of hydrogen-bond acceptors (Lipinski definition) is 2. The van der Waals surface area contributed by atoms with Crippen molar-refractivity contribution in [2.75, 3.05) is 20.2 Å². The van der Waals surface area contributed by atoms with Crippen LogP contribution in [0.15, 0.2) is 29.3 Å². The number of hydrogen-bond donors (Lipinski definition) is 2. The molecule has 0 bridgehead atoms. The van der Waals surface area contributed by atoms with Crippen LogP contribution in [-0.2, 0) is 6.42 Å². The summed E-state index contributed by atoms with van der Waals surface area (Å²) < 4.78 is 5.53. The second-order valence-electron chi connectivity index (χ2n) is 3.33. The average Bonchev–Trinajstić information content (AvgIpc) is 2.31. The first kappa shape index (κ1) is 16.0. The van der Waals surface area contributed by atoms with Crippen LogP contribution in [0.2, 0.25) is 0 Å². The molecular formula is C12H20IN3O. The van der Waals surface area contributed by atoms with Gasteiger partial charge in [-0.3, -0.25) is 4.99 Å². The molecule has 0 aliphatic heterocycles. The number of para-hydroxylation sites is 1. The lowest BCUT2D eigenvalue weighted by atomic mass is 10.1. The lowest BCUT2D eigenvalue weighted by Gasteiger charge is -2.10. The van der Waals surface area contributed by atoms with Crippen LogP contribution >= 0.6 is 24.0 Å². The number of guanidine groups is 1. The van der Waals surface area contributed by atoms with E-state index in [1.807, 2.05) is 25.1 Å². The predicted octanol–water partition coefficient (Wildman–Crippen LogP) is 1.78. The van der Waals surface area contributed by atoms with Crippen LogP contribution in [-0.4, -0.2) is 26.2 Å². The Balaban J connectivity index is 0.00000256. The van der Waals surface area contributed by atoms with Crippen molar-refractivity contribution in [3.05, 3.63) is 29.8 Å². The summed E-state index contributed by atoms with van der Waals surface area (Å²) in [6.07, 6.45) is 0.867. The summed E-state index contributed by atoms with van der Waals surface area (Å²) in [6, 6.07) is 8.03. The molecule has 3 N–H and O–H groups in total. The number of nitrogens with two attached hydrogens (primary N) is 1. The summed E-state index contributed by atoms with van der Waals surface area (Å²) in [4.78, 5) is 3.83. The van der Waals surface area contributed by atoms with Gasteiger partial charge < -0.3 is 15.8 Å². The lowest BCUT2D eigenvalue weighted by molar-refractivity contribution is 0.336. The maximum Gasteiger partial charge on any atom is 0.188 e. The molecule has 0 aromatic heterocycles. The third-order valence-corrected chi connectivity index (χ3v) is 2.21. The highest BCUT2D eigenvalue weighted by Gasteiger charge is 2.01. The van der Waals surface area contributed by atoms with Gasteiger partial charge in [-0.15, -0.1) is 24.0 Å². The Morgan fingerprint density at radius 1 is 1.41 bits per heavy atom. The molecule has 1 rings (SSSR count). The number of nitrogens with zero attached hydrogens (tertiary/aromatic N) is 1. The topological polar surface area (TPSA) is 59.6 Å². The molecule has 0 fully saturated rings. The quantitative estimate of drug-likeness (QED) is 0.484. The van der Waals surface area contributed by atoms with Gasteiger partial charge in [-0.2, -0.15) is 0 Å². The Bertz CT molecular complexity index is 355. The summed E-state index contributed by atoms with van der Waals surface area (Å²) in [7, 11) is 1.66. The molecule has 0 saturated carbocycles. The Kier molecular flexibility index (Phi) is 8.57. The second kappa shape index (κ2) is 9.09.